The van der Waals surface area contributed by atoms with Crippen LogP contribution in [0.3, 0.4) is 0 Å². The van der Waals surface area contributed by atoms with Crippen molar-refractivity contribution in [3.63, 3.8) is 0 Å². The molecule has 0 saturated heterocycles. The topological polar surface area (TPSA) is 7.12 Å². The Bertz CT molecular complexity index is 949. The van der Waals surface area contributed by atoms with Crippen LogP contribution in [0.15, 0.2) is 64.7 Å². The third kappa shape index (κ3) is 2.50. The summed E-state index contributed by atoms with van der Waals surface area (Å²) in [5, 5.41) is 3.24. The summed E-state index contributed by atoms with van der Waals surface area (Å²) in [5.41, 5.74) is 3.62. The summed E-state index contributed by atoms with van der Waals surface area (Å²) in [7, 11) is 4.17. The summed E-state index contributed by atoms with van der Waals surface area (Å²) in [6, 6.07) is 16.7. The molecule has 2 aromatic carbocycles. The first-order valence-electron chi connectivity index (χ1n) is 7.44. The highest BCUT2D eigenvalue weighted by Gasteiger charge is 2.22. The number of hydrogen-bond donors (Lipinski definition) is 0. The van der Waals surface area contributed by atoms with Gasteiger partial charge in [0.2, 0.25) is 5.52 Å². The van der Waals surface area contributed by atoms with E-state index in [4.69, 9.17) is 11.6 Å². The number of aromatic nitrogens is 1. The van der Waals surface area contributed by atoms with Crippen molar-refractivity contribution in [1.82, 2.24) is 0 Å². The third-order valence-corrected chi connectivity index (χ3v) is 5.58. The number of benzene rings is 2. The van der Waals surface area contributed by atoms with Crippen LogP contribution in [0.25, 0.3) is 17.0 Å². The summed E-state index contributed by atoms with van der Waals surface area (Å²) >= 11 is 7.92. The molecular weight excluding hydrogens is 324 g/mol. The van der Waals surface area contributed by atoms with Gasteiger partial charge in [-0.15, -0.1) is 0 Å². The van der Waals surface area contributed by atoms with Crippen molar-refractivity contribution < 1.29 is 4.57 Å². The van der Waals surface area contributed by atoms with E-state index in [9.17, 15) is 0 Å². The Morgan fingerprint density at radius 1 is 1.13 bits per heavy atom. The van der Waals surface area contributed by atoms with Crippen LogP contribution in [0.1, 0.15) is 5.56 Å². The molecule has 0 radical (unpaired) electrons. The Morgan fingerprint density at radius 3 is 2.83 bits per heavy atom. The lowest BCUT2D eigenvalue weighted by Gasteiger charge is -2.14. The molecule has 0 bridgehead atoms. The minimum atomic E-state index is 0.773. The fourth-order valence-electron chi connectivity index (χ4n) is 2.91. The molecule has 0 spiro atoms. The van der Waals surface area contributed by atoms with E-state index in [-0.39, 0.29) is 0 Å². The quantitative estimate of drug-likeness (QED) is 0.585. The summed E-state index contributed by atoms with van der Waals surface area (Å²) in [6.45, 7) is 0. The van der Waals surface area contributed by atoms with Crippen LogP contribution in [-0.2, 0) is 7.05 Å². The maximum absolute atomic E-state index is 6.13. The number of halogens is 1. The molecule has 0 fully saturated rings. The number of rotatable bonds is 1. The van der Waals surface area contributed by atoms with Gasteiger partial charge in [0, 0.05) is 29.1 Å². The number of thioether (sulfide) groups is 1. The van der Waals surface area contributed by atoms with Crippen LogP contribution < -0.4 is 9.47 Å². The lowest BCUT2D eigenvalue weighted by Crippen LogP contribution is -2.28. The number of pyridine rings is 1. The van der Waals surface area contributed by atoms with Crippen LogP contribution in [0.5, 0.6) is 0 Å². The highest BCUT2D eigenvalue weighted by atomic mass is 35.5. The van der Waals surface area contributed by atoms with Gasteiger partial charge in [0.15, 0.2) is 6.20 Å². The molecule has 0 aliphatic carbocycles. The Labute approximate surface area is 145 Å². The van der Waals surface area contributed by atoms with Gasteiger partial charge in [-0.3, -0.25) is 0 Å². The Balaban J connectivity index is 1.82. The van der Waals surface area contributed by atoms with Crippen LogP contribution in [-0.4, -0.2) is 7.05 Å². The third-order valence-electron chi connectivity index (χ3n) is 4.18. The predicted octanol–water partition coefficient (Wildman–Crippen LogP) is 4.86. The number of nitrogens with zero attached hydrogens (tertiary/aromatic N) is 2. The second-order valence-electron chi connectivity index (χ2n) is 5.65. The monoisotopic (exact) mass is 339 g/mol. The predicted molar refractivity (Wildman–Crippen MR) is 98.8 cm³/mol. The van der Waals surface area contributed by atoms with E-state index in [1.807, 2.05) is 12.1 Å². The molecule has 4 rings (SSSR count). The van der Waals surface area contributed by atoms with Crippen molar-refractivity contribution in [2.45, 2.75) is 4.90 Å². The number of anilines is 1. The Hall–Kier alpha value is -1.97. The van der Waals surface area contributed by atoms with E-state index < -0.39 is 0 Å². The molecule has 4 heteroatoms. The van der Waals surface area contributed by atoms with E-state index in [1.165, 1.54) is 32.1 Å². The summed E-state index contributed by atoms with van der Waals surface area (Å²) in [5.74, 6) is 0. The minimum absolute atomic E-state index is 0.773. The maximum Gasteiger partial charge on any atom is 0.212 e. The fraction of sp³-hybridized carbons (Fsp3) is 0.105. The number of hydrogen-bond acceptors (Lipinski definition) is 2. The smallest absolute Gasteiger partial charge is 0.212 e. The molecule has 2 heterocycles. The first-order chi connectivity index (χ1) is 11.1. The molecule has 1 aliphatic rings. The molecule has 0 amide bonds. The second kappa shape index (κ2) is 5.59. The average molecular weight is 340 g/mol. The fourth-order valence-corrected chi connectivity index (χ4v) is 4.16. The number of para-hydroxylation sites is 1. The molecule has 3 aromatic rings. The van der Waals surface area contributed by atoms with Gasteiger partial charge in [-0.05, 0) is 35.9 Å². The highest BCUT2D eigenvalue weighted by Crippen LogP contribution is 2.46. The highest BCUT2D eigenvalue weighted by molar-refractivity contribution is 8.03. The zero-order valence-corrected chi connectivity index (χ0v) is 14.5. The van der Waals surface area contributed by atoms with Gasteiger partial charge in [0.1, 0.15) is 7.05 Å². The summed E-state index contributed by atoms with van der Waals surface area (Å²) in [6.07, 6.45) is 4.36. The van der Waals surface area contributed by atoms with E-state index in [0.29, 0.717) is 0 Å². The van der Waals surface area contributed by atoms with E-state index in [1.54, 1.807) is 11.8 Å². The van der Waals surface area contributed by atoms with Crippen molar-refractivity contribution >= 4 is 46.0 Å². The lowest BCUT2D eigenvalue weighted by atomic mass is 10.1. The van der Waals surface area contributed by atoms with Crippen LogP contribution >= 0.6 is 23.4 Å². The molecule has 2 nitrogen and oxygen atoms in total. The molecular formula is C19H16ClN2S+. The molecule has 1 aromatic heterocycles. The zero-order valence-electron chi connectivity index (χ0n) is 13.0. The van der Waals surface area contributed by atoms with Gasteiger partial charge in [0.25, 0.3) is 0 Å². The number of fused-ring (bicyclic) bond motifs is 2. The second-order valence-corrected chi connectivity index (χ2v) is 7.15. The van der Waals surface area contributed by atoms with Gasteiger partial charge in [-0.25, -0.2) is 4.57 Å². The first-order valence-corrected chi connectivity index (χ1v) is 8.63. The van der Waals surface area contributed by atoms with Crippen molar-refractivity contribution in [3.8, 4) is 0 Å². The molecule has 1 aliphatic heterocycles. The van der Waals surface area contributed by atoms with Crippen LogP contribution in [0, 0.1) is 0 Å². The van der Waals surface area contributed by atoms with Gasteiger partial charge in [0.05, 0.1) is 16.1 Å². The Morgan fingerprint density at radius 2 is 1.96 bits per heavy atom. The van der Waals surface area contributed by atoms with Crippen LogP contribution in [0.4, 0.5) is 5.69 Å². The molecule has 0 unspecified atom stereocenters. The first kappa shape index (κ1) is 14.6. The van der Waals surface area contributed by atoms with Crippen molar-refractivity contribution in [2.75, 3.05) is 11.9 Å². The number of aryl methyl sites for hydroxylation is 1. The molecule has 114 valence electrons. The maximum atomic E-state index is 6.13. The standard InChI is InChI=1S/C19H16ClN2S/c1-21-10-9-13(15-5-3-4-6-16(15)21)11-19-22(2)17-12-14(20)7-8-18(17)23-19/h3-12H,1-2H3/q+1. The van der Waals surface area contributed by atoms with E-state index in [0.717, 1.165) is 5.02 Å². The Kier molecular flexibility index (Phi) is 3.55. The van der Waals surface area contributed by atoms with E-state index in [2.05, 4.69) is 72.2 Å². The molecule has 0 atom stereocenters. The van der Waals surface area contributed by atoms with Crippen LogP contribution in [0.2, 0.25) is 5.02 Å². The van der Waals surface area contributed by atoms with E-state index >= 15 is 0 Å². The lowest BCUT2D eigenvalue weighted by molar-refractivity contribution is -0.644. The average Bonchev–Trinajstić information content (AvgIpc) is 2.86. The largest absolute Gasteiger partial charge is 0.338 e. The molecule has 0 saturated carbocycles. The molecule has 23 heavy (non-hydrogen) atoms. The van der Waals surface area contributed by atoms with Gasteiger partial charge < -0.3 is 4.90 Å². The molecule has 0 N–H and O–H groups in total. The minimum Gasteiger partial charge on any atom is -0.338 e. The van der Waals surface area contributed by atoms with Crippen molar-refractivity contribution in [2.24, 2.45) is 7.05 Å². The normalized spacial score (nSPS) is 15.4. The van der Waals surface area contributed by atoms with Crippen molar-refractivity contribution in [1.29, 1.82) is 0 Å². The van der Waals surface area contributed by atoms with Crippen molar-refractivity contribution in [3.05, 3.63) is 70.3 Å². The van der Waals surface area contributed by atoms with Gasteiger partial charge in [-0.1, -0.05) is 35.5 Å². The summed E-state index contributed by atoms with van der Waals surface area (Å²) < 4.78 is 2.15. The zero-order chi connectivity index (χ0) is 16.0. The SMILES string of the molecule is CN1/C(=C/c2cc[n+](C)c3ccccc23)Sc2ccc(Cl)cc21. The summed E-state index contributed by atoms with van der Waals surface area (Å²) in [4.78, 5) is 3.45. The van der Waals surface area contributed by atoms with Gasteiger partial charge in [-0.2, -0.15) is 0 Å². The van der Waals surface area contributed by atoms with Gasteiger partial charge >= 0.3 is 0 Å².